The quantitative estimate of drug-likeness (QED) is 0.0460. The molecule has 2 saturated heterocycles. The Morgan fingerprint density at radius 1 is 0.710 bits per heavy atom. The van der Waals surface area contributed by atoms with Crippen LogP contribution >= 0.6 is 21.6 Å². The third kappa shape index (κ3) is 19.1. The van der Waals surface area contributed by atoms with Gasteiger partial charge < -0.3 is 49.5 Å². The molecular weight excluding hydrogens is 861 g/mol. The number of ether oxygens (including phenoxy) is 3. The molecule has 3 aliphatic rings. The minimum Gasteiger partial charge on any atom is -0.480 e. The smallest absolute Gasteiger partial charge is 0.409 e. The molecule has 348 valence electrons. The summed E-state index contributed by atoms with van der Waals surface area (Å²) >= 11 is 0. The molecule has 3 aliphatic heterocycles. The Hall–Kier alpha value is -4.69. The van der Waals surface area contributed by atoms with Crippen molar-refractivity contribution in [1.29, 1.82) is 0 Å². The number of amides is 6. The Labute approximate surface area is 367 Å². The Bertz CT molecular complexity index is 1540. The van der Waals surface area contributed by atoms with Gasteiger partial charge in [0.15, 0.2) is 0 Å². The van der Waals surface area contributed by atoms with Crippen LogP contribution in [0.4, 0.5) is 9.59 Å². The van der Waals surface area contributed by atoms with Crippen molar-refractivity contribution >= 4 is 75.3 Å². The number of carbonyl (C=O) groups is 9. The van der Waals surface area contributed by atoms with Gasteiger partial charge in [0.2, 0.25) is 11.8 Å². The zero-order valence-electron chi connectivity index (χ0n) is 34.9. The highest BCUT2D eigenvalue weighted by Crippen LogP contribution is 2.20. The fourth-order valence-electron chi connectivity index (χ4n) is 6.66. The molecule has 62 heavy (non-hydrogen) atoms. The van der Waals surface area contributed by atoms with Gasteiger partial charge in [0.1, 0.15) is 19.3 Å². The van der Waals surface area contributed by atoms with Crippen LogP contribution in [0.25, 0.3) is 0 Å². The summed E-state index contributed by atoms with van der Waals surface area (Å²) in [4.78, 5) is 121. The van der Waals surface area contributed by atoms with Gasteiger partial charge in [-0.1, -0.05) is 21.6 Å². The summed E-state index contributed by atoms with van der Waals surface area (Å²) in [5.74, 6) is -4.00. The van der Waals surface area contributed by atoms with Gasteiger partial charge in [0.05, 0.1) is 19.7 Å². The fraction of sp³-hybridized carbons (Fsp3) is 0.703. The number of imide groups is 1. The average molecular weight is 919 g/mol. The van der Waals surface area contributed by atoms with Crippen molar-refractivity contribution in [3.05, 3.63) is 12.2 Å². The van der Waals surface area contributed by atoms with Gasteiger partial charge in [0.25, 0.3) is 11.8 Å². The van der Waals surface area contributed by atoms with Gasteiger partial charge >= 0.3 is 30.1 Å². The molecule has 4 N–H and O–H groups in total. The van der Waals surface area contributed by atoms with Crippen LogP contribution in [0.2, 0.25) is 0 Å². The first-order chi connectivity index (χ1) is 29.7. The van der Waals surface area contributed by atoms with Gasteiger partial charge in [-0.3, -0.25) is 53.2 Å². The van der Waals surface area contributed by atoms with E-state index in [2.05, 4.69) is 5.32 Å². The van der Waals surface area contributed by atoms with Crippen molar-refractivity contribution < 1.29 is 72.7 Å². The van der Waals surface area contributed by atoms with Crippen LogP contribution < -0.4 is 5.32 Å². The number of carboxylic acid groups (broad SMARTS) is 3. The van der Waals surface area contributed by atoms with E-state index < -0.39 is 48.0 Å². The van der Waals surface area contributed by atoms with Gasteiger partial charge in [-0.2, -0.15) is 0 Å². The molecule has 3 rings (SSSR count). The van der Waals surface area contributed by atoms with E-state index in [1.807, 2.05) is 0 Å². The minimum atomic E-state index is -1.16. The highest BCUT2D eigenvalue weighted by Gasteiger charge is 2.31. The van der Waals surface area contributed by atoms with Crippen LogP contribution in [-0.4, -0.2) is 253 Å². The molecular formula is C37H58N8O15S2. The molecule has 6 amide bonds. The maximum Gasteiger partial charge on any atom is 0.409 e. The summed E-state index contributed by atoms with van der Waals surface area (Å²) < 4.78 is 15.3. The molecule has 0 aromatic rings. The molecule has 1 atom stereocenters. The maximum absolute atomic E-state index is 13.3. The highest BCUT2D eigenvalue weighted by atomic mass is 33.1. The van der Waals surface area contributed by atoms with Gasteiger partial charge in [-0.05, 0) is 6.42 Å². The van der Waals surface area contributed by atoms with E-state index in [0.29, 0.717) is 37.7 Å². The molecule has 25 heteroatoms. The Morgan fingerprint density at radius 3 is 1.74 bits per heavy atom. The number of alkyl carbamates (subject to hydrolysis) is 1. The molecule has 0 aliphatic carbocycles. The molecule has 1 unspecified atom stereocenters. The van der Waals surface area contributed by atoms with Gasteiger partial charge in [0, 0.05) is 135 Å². The monoisotopic (exact) mass is 918 g/mol. The van der Waals surface area contributed by atoms with E-state index in [1.165, 1.54) is 33.6 Å². The predicted octanol–water partition coefficient (Wildman–Crippen LogP) is -1.51. The van der Waals surface area contributed by atoms with Crippen molar-refractivity contribution in [2.75, 3.05) is 143 Å². The summed E-state index contributed by atoms with van der Waals surface area (Å²) in [6.45, 7) is 2.34. The lowest BCUT2D eigenvalue weighted by molar-refractivity contribution is -0.145. The summed E-state index contributed by atoms with van der Waals surface area (Å²) in [6.07, 6.45) is 0.739. The largest absolute Gasteiger partial charge is 0.480 e. The number of piperazine rings is 1. The second-order valence-corrected chi connectivity index (χ2v) is 16.9. The van der Waals surface area contributed by atoms with Crippen LogP contribution in [0.3, 0.4) is 0 Å². The third-order valence-electron chi connectivity index (χ3n) is 10.00. The van der Waals surface area contributed by atoms with Crippen LogP contribution in [0.15, 0.2) is 12.2 Å². The van der Waals surface area contributed by atoms with E-state index in [0.717, 1.165) is 17.1 Å². The standard InChI is InChI=1S/C37H58N8O15S2/c1-58-21-7-38-36(56)59-22-24-61-62-25-23-60-37(57)44(19-20-45-31(48)4-5-32(45)49)8-6-30(47)43-17-15-42(16-18-43)29(46)3-2-28(35(54)55)41-13-11-39(26-33(50)51)9-10-40(12-14-41)27-34(52)53/h4-5,28H,2-3,6-27H2,1H3,(H,38,56)(H,50,51)(H,52,53)(H,54,55). The number of hydrogen-bond donors (Lipinski definition) is 4. The van der Waals surface area contributed by atoms with Gasteiger partial charge in [-0.15, -0.1) is 0 Å². The second-order valence-electron chi connectivity index (χ2n) is 14.2. The molecule has 0 spiro atoms. The van der Waals surface area contributed by atoms with Crippen molar-refractivity contribution in [1.82, 2.24) is 39.6 Å². The Kier molecular flexibility index (Phi) is 23.4. The number of rotatable bonds is 25. The van der Waals surface area contributed by atoms with E-state index >= 15 is 0 Å². The summed E-state index contributed by atoms with van der Waals surface area (Å²) in [5, 5.41) is 31.4. The Balaban J connectivity index is 1.46. The summed E-state index contributed by atoms with van der Waals surface area (Å²) in [7, 11) is 4.34. The normalized spacial score (nSPS) is 17.2. The second kappa shape index (κ2) is 28.1. The lowest BCUT2D eigenvalue weighted by atomic mass is 10.1. The SMILES string of the molecule is COCCNC(=O)OCCSSCCOC(=O)N(CCC(=O)N1CCN(C(=O)CCC(C(=O)O)N2CCN(CC(=O)O)CCN(CC(=O)O)CC2)CC1)CCN1C(=O)C=CC1=O. The molecule has 23 nitrogen and oxygen atoms in total. The lowest BCUT2D eigenvalue weighted by Gasteiger charge is -2.36. The first kappa shape index (κ1) is 51.7. The molecule has 0 aromatic carbocycles. The van der Waals surface area contributed by atoms with E-state index in [-0.39, 0.29) is 129 Å². The topological polar surface area (TPSA) is 277 Å². The third-order valence-corrected chi connectivity index (χ3v) is 12.3. The van der Waals surface area contributed by atoms with Crippen LogP contribution in [-0.2, 0) is 47.8 Å². The fourth-order valence-corrected chi connectivity index (χ4v) is 8.31. The molecule has 0 aromatic heterocycles. The van der Waals surface area contributed by atoms with Crippen molar-refractivity contribution in [2.45, 2.75) is 25.3 Å². The van der Waals surface area contributed by atoms with Crippen LogP contribution in [0.5, 0.6) is 0 Å². The maximum atomic E-state index is 13.3. The van der Waals surface area contributed by atoms with Crippen molar-refractivity contribution in [2.24, 2.45) is 0 Å². The van der Waals surface area contributed by atoms with E-state index in [4.69, 9.17) is 14.2 Å². The first-order valence-corrected chi connectivity index (χ1v) is 22.7. The molecule has 2 fully saturated rings. The number of carboxylic acids is 3. The van der Waals surface area contributed by atoms with Crippen molar-refractivity contribution in [3.8, 4) is 0 Å². The number of aliphatic carboxylic acids is 3. The predicted molar refractivity (Wildman–Crippen MR) is 223 cm³/mol. The summed E-state index contributed by atoms with van der Waals surface area (Å²) in [6, 6.07) is -1.08. The highest BCUT2D eigenvalue weighted by molar-refractivity contribution is 8.76. The number of carbonyl (C=O) groups excluding carboxylic acids is 6. The zero-order valence-corrected chi connectivity index (χ0v) is 36.5. The van der Waals surface area contributed by atoms with E-state index in [1.54, 1.807) is 24.5 Å². The average Bonchev–Trinajstić information content (AvgIpc) is 3.59. The van der Waals surface area contributed by atoms with Gasteiger partial charge in [-0.25, -0.2) is 9.59 Å². The summed E-state index contributed by atoms with van der Waals surface area (Å²) in [5.41, 5.74) is 0. The number of nitrogens with one attached hydrogen (secondary N) is 1. The Morgan fingerprint density at radius 2 is 1.23 bits per heavy atom. The molecule has 0 bridgehead atoms. The molecule has 0 radical (unpaired) electrons. The van der Waals surface area contributed by atoms with Crippen molar-refractivity contribution in [3.63, 3.8) is 0 Å². The van der Waals surface area contributed by atoms with Crippen LogP contribution in [0, 0.1) is 0 Å². The minimum absolute atomic E-state index is 0.0282. The molecule has 0 saturated carbocycles. The lowest BCUT2D eigenvalue weighted by Crippen LogP contribution is -2.52. The number of hydrogen-bond acceptors (Lipinski definition) is 17. The molecule has 3 heterocycles. The zero-order chi connectivity index (χ0) is 45.4. The van der Waals surface area contributed by atoms with E-state index in [9.17, 15) is 58.5 Å². The number of nitrogens with zero attached hydrogens (tertiary/aromatic N) is 7. The number of methoxy groups -OCH3 is 1. The first-order valence-electron chi connectivity index (χ1n) is 20.2. The van der Waals surface area contributed by atoms with Crippen LogP contribution in [0.1, 0.15) is 19.3 Å².